The van der Waals surface area contributed by atoms with Gasteiger partial charge in [-0.05, 0) is 12.1 Å². The lowest BCUT2D eigenvalue weighted by molar-refractivity contribution is -0.143. The lowest BCUT2D eigenvalue weighted by Crippen LogP contribution is -2.41. The summed E-state index contributed by atoms with van der Waals surface area (Å²) in [5.41, 5.74) is 0.603. The van der Waals surface area contributed by atoms with Gasteiger partial charge in [0.25, 0.3) is 0 Å². The number of carboxylic acids is 1. The quantitative estimate of drug-likeness (QED) is 0.715. The van der Waals surface area contributed by atoms with Gasteiger partial charge in [-0.1, -0.05) is 18.2 Å². The van der Waals surface area contributed by atoms with Gasteiger partial charge in [0.1, 0.15) is 6.54 Å². The Bertz CT molecular complexity index is 461. The summed E-state index contributed by atoms with van der Waals surface area (Å²) < 4.78 is 0. The molecule has 0 spiro atoms. The van der Waals surface area contributed by atoms with Crippen molar-refractivity contribution in [2.24, 2.45) is 0 Å². The molecular weight excluding hydrogens is 250 g/mol. The van der Waals surface area contributed by atoms with E-state index in [2.05, 4.69) is 10.6 Å². The Morgan fingerprint density at radius 2 is 1.84 bits per heavy atom. The van der Waals surface area contributed by atoms with Crippen LogP contribution in [0.3, 0.4) is 0 Å². The second-order valence-corrected chi connectivity index (χ2v) is 3.82. The molecular formula is C12H15N3O4. The zero-order valence-corrected chi connectivity index (χ0v) is 10.4. The van der Waals surface area contributed by atoms with Crippen LogP contribution in [0.5, 0.6) is 0 Å². The molecule has 0 unspecified atom stereocenters. The van der Waals surface area contributed by atoms with Gasteiger partial charge in [-0.3, -0.25) is 9.59 Å². The number of nitrogens with zero attached hydrogens (tertiary/aromatic N) is 1. The van der Waals surface area contributed by atoms with Crippen molar-refractivity contribution in [3.05, 3.63) is 30.3 Å². The van der Waals surface area contributed by atoms with Crippen molar-refractivity contribution in [1.29, 1.82) is 0 Å². The van der Waals surface area contributed by atoms with Crippen LogP contribution in [0.2, 0.25) is 0 Å². The average molecular weight is 265 g/mol. The fraction of sp³-hybridized carbons (Fsp3) is 0.250. The fourth-order valence-electron chi connectivity index (χ4n) is 1.28. The molecule has 0 aromatic heterocycles. The molecule has 7 nitrogen and oxygen atoms in total. The molecule has 0 aliphatic heterocycles. The van der Waals surface area contributed by atoms with E-state index in [1.54, 1.807) is 24.3 Å². The third-order valence-electron chi connectivity index (χ3n) is 2.23. The highest BCUT2D eigenvalue weighted by Crippen LogP contribution is 2.03. The van der Waals surface area contributed by atoms with E-state index >= 15 is 0 Å². The smallest absolute Gasteiger partial charge is 0.323 e. The Morgan fingerprint density at radius 3 is 2.42 bits per heavy atom. The number of hydrogen-bond donors (Lipinski definition) is 3. The van der Waals surface area contributed by atoms with E-state index < -0.39 is 24.5 Å². The van der Waals surface area contributed by atoms with Gasteiger partial charge in [0.2, 0.25) is 5.91 Å². The third-order valence-corrected chi connectivity index (χ3v) is 2.23. The van der Waals surface area contributed by atoms with Crippen molar-refractivity contribution in [3.8, 4) is 0 Å². The normalized spacial score (nSPS) is 9.53. The average Bonchev–Trinajstić information content (AvgIpc) is 2.36. The van der Waals surface area contributed by atoms with Crippen LogP contribution in [-0.4, -0.2) is 48.1 Å². The number of benzene rings is 1. The standard InChI is InChI=1S/C12H15N3O4/c1-15(8-11(17)18)10(16)7-13-12(19)14-9-5-3-2-4-6-9/h2-6H,7-8H2,1H3,(H,17,18)(H2,13,14,19). The molecule has 0 aliphatic rings. The van der Waals surface area contributed by atoms with E-state index in [-0.39, 0.29) is 6.54 Å². The summed E-state index contributed by atoms with van der Waals surface area (Å²) in [6.07, 6.45) is 0. The number of hydrogen-bond acceptors (Lipinski definition) is 3. The molecule has 19 heavy (non-hydrogen) atoms. The minimum Gasteiger partial charge on any atom is -0.480 e. The number of anilines is 1. The fourth-order valence-corrected chi connectivity index (χ4v) is 1.28. The number of carbonyl (C=O) groups excluding carboxylic acids is 2. The molecule has 0 atom stereocenters. The number of rotatable bonds is 5. The van der Waals surface area contributed by atoms with Crippen molar-refractivity contribution in [3.63, 3.8) is 0 Å². The van der Waals surface area contributed by atoms with Crippen molar-refractivity contribution < 1.29 is 19.5 Å². The summed E-state index contributed by atoms with van der Waals surface area (Å²) >= 11 is 0. The Kier molecular flexibility index (Phi) is 5.34. The topological polar surface area (TPSA) is 98.7 Å². The van der Waals surface area contributed by atoms with Gasteiger partial charge in [0.15, 0.2) is 0 Å². The zero-order chi connectivity index (χ0) is 14.3. The highest BCUT2D eigenvalue weighted by Gasteiger charge is 2.12. The summed E-state index contributed by atoms with van der Waals surface area (Å²) in [5.74, 6) is -1.59. The van der Waals surface area contributed by atoms with Crippen LogP contribution < -0.4 is 10.6 Å². The van der Waals surface area contributed by atoms with E-state index in [1.807, 2.05) is 6.07 Å². The molecule has 0 saturated heterocycles. The SMILES string of the molecule is CN(CC(=O)O)C(=O)CNC(=O)Nc1ccccc1. The highest BCUT2D eigenvalue weighted by molar-refractivity contribution is 5.92. The van der Waals surface area contributed by atoms with Gasteiger partial charge in [-0.2, -0.15) is 0 Å². The van der Waals surface area contributed by atoms with Gasteiger partial charge < -0.3 is 20.6 Å². The van der Waals surface area contributed by atoms with Crippen LogP contribution in [0, 0.1) is 0 Å². The summed E-state index contributed by atoms with van der Waals surface area (Å²) in [6.45, 7) is -0.663. The molecule has 0 saturated carbocycles. The predicted octanol–water partition coefficient (Wildman–Crippen LogP) is 0.351. The van der Waals surface area contributed by atoms with Crippen molar-refractivity contribution in [2.45, 2.75) is 0 Å². The number of urea groups is 1. The molecule has 0 heterocycles. The second-order valence-electron chi connectivity index (χ2n) is 3.82. The first-order valence-corrected chi connectivity index (χ1v) is 5.54. The Labute approximate surface area is 110 Å². The molecule has 1 rings (SSSR count). The number of nitrogens with one attached hydrogen (secondary N) is 2. The van der Waals surface area contributed by atoms with Crippen LogP contribution in [-0.2, 0) is 9.59 Å². The Balaban J connectivity index is 2.34. The molecule has 0 radical (unpaired) electrons. The molecule has 0 aliphatic carbocycles. The molecule has 0 fully saturated rings. The molecule has 1 aromatic rings. The van der Waals surface area contributed by atoms with Crippen LogP contribution in [0.1, 0.15) is 0 Å². The van der Waals surface area contributed by atoms with E-state index in [1.165, 1.54) is 7.05 Å². The van der Waals surface area contributed by atoms with E-state index in [4.69, 9.17) is 5.11 Å². The van der Waals surface area contributed by atoms with Crippen molar-refractivity contribution in [1.82, 2.24) is 10.2 Å². The van der Waals surface area contributed by atoms with Gasteiger partial charge >= 0.3 is 12.0 Å². The Hall–Kier alpha value is -2.57. The Morgan fingerprint density at radius 1 is 1.21 bits per heavy atom. The van der Waals surface area contributed by atoms with Crippen molar-refractivity contribution in [2.75, 3.05) is 25.5 Å². The summed E-state index contributed by atoms with van der Waals surface area (Å²) in [4.78, 5) is 34.3. The summed E-state index contributed by atoms with van der Waals surface area (Å²) in [7, 11) is 1.35. The maximum atomic E-state index is 11.5. The van der Waals surface area contributed by atoms with Gasteiger partial charge in [0.05, 0.1) is 6.54 Å². The van der Waals surface area contributed by atoms with E-state index in [9.17, 15) is 14.4 Å². The van der Waals surface area contributed by atoms with Crippen molar-refractivity contribution >= 4 is 23.6 Å². The van der Waals surface area contributed by atoms with E-state index in [0.29, 0.717) is 5.69 Å². The third kappa shape index (κ3) is 5.53. The van der Waals surface area contributed by atoms with Gasteiger partial charge in [-0.25, -0.2) is 4.79 Å². The summed E-state index contributed by atoms with van der Waals surface area (Å²) in [5, 5.41) is 13.4. The molecule has 3 N–H and O–H groups in total. The maximum Gasteiger partial charge on any atom is 0.323 e. The summed E-state index contributed by atoms with van der Waals surface area (Å²) in [6, 6.07) is 8.23. The lowest BCUT2D eigenvalue weighted by atomic mass is 10.3. The molecule has 7 heteroatoms. The lowest BCUT2D eigenvalue weighted by Gasteiger charge is -2.15. The molecule has 3 amide bonds. The molecule has 102 valence electrons. The number of para-hydroxylation sites is 1. The van der Waals surface area contributed by atoms with Crippen LogP contribution in [0.4, 0.5) is 10.5 Å². The first kappa shape index (κ1) is 14.5. The maximum absolute atomic E-state index is 11.5. The van der Waals surface area contributed by atoms with Crippen LogP contribution in [0.25, 0.3) is 0 Å². The number of carboxylic acid groups (broad SMARTS) is 1. The van der Waals surface area contributed by atoms with Crippen LogP contribution in [0.15, 0.2) is 30.3 Å². The van der Waals surface area contributed by atoms with Crippen LogP contribution >= 0.6 is 0 Å². The van der Waals surface area contributed by atoms with E-state index in [0.717, 1.165) is 4.90 Å². The van der Waals surface area contributed by atoms with Gasteiger partial charge in [0, 0.05) is 12.7 Å². The number of likely N-dealkylation sites (N-methyl/N-ethyl adjacent to an activating group) is 1. The predicted molar refractivity (Wildman–Crippen MR) is 68.7 cm³/mol. The number of amides is 3. The van der Waals surface area contributed by atoms with Gasteiger partial charge in [-0.15, -0.1) is 0 Å². The first-order chi connectivity index (χ1) is 8.99. The number of aliphatic carboxylic acids is 1. The highest BCUT2D eigenvalue weighted by atomic mass is 16.4. The first-order valence-electron chi connectivity index (χ1n) is 5.54. The number of carbonyl (C=O) groups is 3. The minimum atomic E-state index is -1.11. The molecule has 1 aromatic carbocycles. The zero-order valence-electron chi connectivity index (χ0n) is 10.4. The minimum absolute atomic E-state index is 0.261. The molecule has 0 bridgehead atoms. The monoisotopic (exact) mass is 265 g/mol. The second kappa shape index (κ2) is 7.00. The largest absolute Gasteiger partial charge is 0.480 e.